The fourth-order valence-electron chi connectivity index (χ4n) is 2.13. The maximum Gasteiger partial charge on any atom is 0.254 e. The molecule has 2 aliphatic rings. The summed E-state index contributed by atoms with van der Waals surface area (Å²) in [5.41, 5.74) is -0.184. The van der Waals surface area contributed by atoms with E-state index in [4.69, 9.17) is 9.47 Å². The van der Waals surface area contributed by atoms with Crippen molar-refractivity contribution in [2.45, 2.75) is 12.5 Å². The summed E-state index contributed by atoms with van der Waals surface area (Å²) in [7, 11) is 0. The number of hydrogen-bond donors (Lipinski definition) is 1. The predicted octanol–water partition coefficient (Wildman–Crippen LogP) is 0.622. The standard InChI is InChI=1S/C12H13NO4/c1-12(15)5-13(6-12)11(14)8-2-3-9-10(4-8)17-7-16-9/h2-4,15H,5-7H2,1H3. The van der Waals surface area contributed by atoms with Gasteiger partial charge in [0.2, 0.25) is 6.79 Å². The van der Waals surface area contributed by atoms with E-state index < -0.39 is 5.60 Å². The average Bonchev–Trinajstić information content (AvgIpc) is 2.71. The first kappa shape index (κ1) is 10.4. The lowest BCUT2D eigenvalue weighted by atomic mass is 9.96. The Hall–Kier alpha value is -1.75. The number of nitrogens with zero attached hydrogens (tertiary/aromatic N) is 1. The van der Waals surface area contributed by atoms with E-state index in [-0.39, 0.29) is 12.7 Å². The maximum absolute atomic E-state index is 12.0. The molecule has 5 nitrogen and oxygen atoms in total. The van der Waals surface area contributed by atoms with E-state index in [2.05, 4.69) is 0 Å². The first-order valence-electron chi connectivity index (χ1n) is 5.46. The van der Waals surface area contributed by atoms with E-state index in [0.29, 0.717) is 30.2 Å². The first-order valence-corrected chi connectivity index (χ1v) is 5.46. The molecule has 90 valence electrons. The second-order valence-electron chi connectivity index (χ2n) is 4.73. The van der Waals surface area contributed by atoms with Gasteiger partial charge >= 0.3 is 0 Å². The van der Waals surface area contributed by atoms with Crippen molar-refractivity contribution in [2.75, 3.05) is 19.9 Å². The largest absolute Gasteiger partial charge is 0.454 e. The van der Waals surface area contributed by atoms with Crippen molar-refractivity contribution in [3.05, 3.63) is 23.8 Å². The van der Waals surface area contributed by atoms with Crippen LogP contribution in [-0.4, -0.2) is 41.4 Å². The molecule has 1 aromatic carbocycles. The third-order valence-corrected chi connectivity index (χ3v) is 2.97. The number of benzene rings is 1. The lowest BCUT2D eigenvalue weighted by Gasteiger charge is -2.44. The van der Waals surface area contributed by atoms with Crippen molar-refractivity contribution in [1.29, 1.82) is 0 Å². The van der Waals surface area contributed by atoms with Gasteiger partial charge in [0.05, 0.1) is 18.7 Å². The normalized spacial score (nSPS) is 20.0. The third kappa shape index (κ3) is 1.72. The van der Waals surface area contributed by atoms with Crippen molar-refractivity contribution < 1.29 is 19.4 Å². The van der Waals surface area contributed by atoms with Gasteiger partial charge in [-0.1, -0.05) is 0 Å². The SMILES string of the molecule is CC1(O)CN(C(=O)c2ccc3c(c2)OCO3)C1. The molecule has 1 aromatic rings. The second-order valence-corrected chi connectivity index (χ2v) is 4.73. The van der Waals surface area contributed by atoms with Crippen LogP contribution in [0.1, 0.15) is 17.3 Å². The van der Waals surface area contributed by atoms with Crippen molar-refractivity contribution >= 4 is 5.91 Å². The van der Waals surface area contributed by atoms with Crippen LogP contribution in [0.25, 0.3) is 0 Å². The number of β-amino-alcohol motifs (C(OH)–C–C–N with tert-alkyl or cyclic N) is 1. The Kier molecular flexibility index (Phi) is 2.06. The van der Waals surface area contributed by atoms with Crippen LogP contribution in [0, 0.1) is 0 Å². The molecule has 1 fully saturated rings. The van der Waals surface area contributed by atoms with Gasteiger partial charge in [0.1, 0.15) is 0 Å². The van der Waals surface area contributed by atoms with Gasteiger partial charge in [-0.2, -0.15) is 0 Å². The fourth-order valence-corrected chi connectivity index (χ4v) is 2.13. The summed E-state index contributed by atoms with van der Waals surface area (Å²) in [6, 6.07) is 5.12. The number of ether oxygens (including phenoxy) is 2. The molecule has 5 heteroatoms. The van der Waals surface area contributed by atoms with Crippen molar-refractivity contribution in [2.24, 2.45) is 0 Å². The van der Waals surface area contributed by atoms with Gasteiger partial charge in [-0.15, -0.1) is 0 Å². The molecule has 3 rings (SSSR count). The highest BCUT2D eigenvalue weighted by molar-refractivity contribution is 5.95. The van der Waals surface area contributed by atoms with Gasteiger partial charge in [-0.25, -0.2) is 0 Å². The molecule has 2 heterocycles. The van der Waals surface area contributed by atoms with Gasteiger partial charge in [0, 0.05) is 5.56 Å². The van der Waals surface area contributed by atoms with Crippen molar-refractivity contribution in [1.82, 2.24) is 4.90 Å². The Morgan fingerprint density at radius 3 is 2.76 bits per heavy atom. The van der Waals surface area contributed by atoms with Crippen LogP contribution in [0.5, 0.6) is 11.5 Å². The molecular formula is C12H13NO4. The highest BCUT2D eigenvalue weighted by atomic mass is 16.7. The molecule has 2 aliphatic heterocycles. The zero-order valence-electron chi connectivity index (χ0n) is 9.47. The monoisotopic (exact) mass is 235 g/mol. The van der Waals surface area contributed by atoms with Crippen molar-refractivity contribution in [3.8, 4) is 11.5 Å². The molecule has 0 unspecified atom stereocenters. The Morgan fingerprint density at radius 1 is 1.35 bits per heavy atom. The van der Waals surface area contributed by atoms with E-state index in [1.54, 1.807) is 30.0 Å². The molecule has 0 bridgehead atoms. The minimum absolute atomic E-state index is 0.0881. The first-order chi connectivity index (χ1) is 8.05. The van der Waals surface area contributed by atoms with Gasteiger partial charge in [0.15, 0.2) is 11.5 Å². The molecular weight excluding hydrogens is 222 g/mol. The predicted molar refractivity (Wildman–Crippen MR) is 59.1 cm³/mol. The summed E-state index contributed by atoms with van der Waals surface area (Å²) in [5.74, 6) is 1.18. The van der Waals surface area contributed by atoms with Crippen LogP contribution in [0.2, 0.25) is 0 Å². The molecule has 1 saturated heterocycles. The van der Waals surface area contributed by atoms with E-state index in [9.17, 15) is 9.90 Å². The average molecular weight is 235 g/mol. The summed E-state index contributed by atoms with van der Waals surface area (Å²) in [6.45, 7) is 2.67. The number of rotatable bonds is 1. The van der Waals surface area contributed by atoms with Crippen LogP contribution in [0.15, 0.2) is 18.2 Å². The molecule has 17 heavy (non-hydrogen) atoms. The highest BCUT2D eigenvalue weighted by Gasteiger charge is 2.39. The molecule has 0 radical (unpaired) electrons. The topological polar surface area (TPSA) is 59.0 Å². The molecule has 0 spiro atoms. The van der Waals surface area contributed by atoms with Gasteiger partial charge in [-0.3, -0.25) is 4.79 Å². The highest BCUT2D eigenvalue weighted by Crippen LogP contribution is 2.33. The maximum atomic E-state index is 12.0. The quantitative estimate of drug-likeness (QED) is 0.775. The molecule has 0 atom stereocenters. The van der Waals surface area contributed by atoms with Crippen LogP contribution < -0.4 is 9.47 Å². The van der Waals surface area contributed by atoms with Gasteiger partial charge < -0.3 is 19.5 Å². The summed E-state index contributed by atoms with van der Waals surface area (Å²) < 4.78 is 10.4. The fraction of sp³-hybridized carbons (Fsp3) is 0.417. The summed E-state index contributed by atoms with van der Waals surface area (Å²) in [4.78, 5) is 13.6. The van der Waals surface area contributed by atoms with Crippen molar-refractivity contribution in [3.63, 3.8) is 0 Å². The molecule has 1 amide bonds. The minimum Gasteiger partial charge on any atom is -0.454 e. The van der Waals surface area contributed by atoms with E-state index in [1.807, 2.05) is 0 Å². The Labute approximate surface area is 98.6 Å². The number of aliphatic hydroxyl groups is 1. The second kappa shape index (κ2) is 3.37. The van der Waals surface area contributed by atoms with E-state index >= 15 is 0 Å². The molecule has 0 saturated carbocycles. The number of carbonyl (C=O) groups is 1. The lowest BCUT2D eigenvalue weighted by Crippen LogP contribution is -2.61. The number of carbonyl (C=O) groups excluding carboxylic acids is 1. The number of likely N-dealkylation sites (tertiary alicyclic amines) is 1. The molecule has 0 aromatic heterocycles. The summed E-state index contributed by atoms with van der Waals surface area (Å²) >= 11 is 0. The number of hydrogen-bond acceptors (Lipinski definition) is 4. The molecule has 1 N–H and O–H groups in total. The minimum atomic E-state index is -0.744. The Balaban J connectivity index is 1.79. The molecule has 0 aliphatic carbocycles. The van der Waals surface area contributed by atoms with Crippen LogP contribution in [-0.2, 0) is 0 Å². The zero-order valence-corrected chi connectivity index (χ0v) is 9.47. The third-order valence-electron chi connectivity index (χ3n) is 2.97. The van der Waals surface area contributed by atoms with Gasteiger partial charge in [-0.05, 0) is 25.1 Å². The lowest BCUT2D eigenvalue weighted by molar-refractivity contribution is -0.0668. The van der Waals surface area contributed by atoms with E-state index in [0.717, 1.165) is 0 Å². The van der Waals surface area contributed by atoms with Crippen LogP contribution in [0.4, 0.5) is 0 Å². The van der Waals surface area contributed by atoms with Crippen LogP contribution >= 0.6 is 0 Å². The summed E-state index contributed by atoms with van der Waals surface area (Å²) in [6.07, 6.45) is 0. The number of amides is 1. The zero-order chi connectivity index (χ0) is 12.0. The Bertz CT molecular complexity index is 475. The summed E-state index contributed by atoms with van der Waals surface area (Å²) in [5, 5.41) is 9.60. The Morgan fingerprint density at radius 2 is 2.06 bits per heavy atom. The van der Waals surface area contributed by atoms with E-state index in [1.165, 1.54) is 0 Å². The number of fused-ring (bicyclic) bond motifs is 1. The smallest absolute Gasteiger partial charge is 0.254 e. The van der Waals surface area contributed by atoms with Crippen LogP contribution in [0.3, 0.4) is 0 Å². The van der Waals surface area contributed by atoms with Gasteiger partial charge in [0.25, 0.3) is 5.91 Å².